The number of halogens is 2. The monoisotopic (exact) mass is 256 g/mol. The smallest absolute Gasteiger partial charge is 0.136 e. The van der Waals surface area contributed by atoms with Crippen molar-refractivity contribution in [3.05, 3.63) is 34.3 Å². The summed E-state index contributed by atoms with van der Waals surface area (Å²) in [6, 6.07) is 7.59. The highest BCUT2D eigenvalue weighted by Crippen LogP contribution is 2.45. The zero-order valence-electron chi connectivity index (χ0n) is 8.26. The van der Waals surface area contributed by atoms with Crippen molar-refractivity contribution in [1.82, 2.24) is 0 Å². The van der Waals surface area contributed by atoms with Gasteiger partial charge in [0.1, 0.15) is 5.67 Å². The fourth-order valence-electron chi connectivity index (χ4n) is 1.98. The van der Waals surface area contributed by atoms with Crippen molar-refractivity contribution in [2.45, 2.75) is 31.9 Å². The van der Waals surface area contributed by atoms with E-state index in [1.54, 1.807) is 6.92 Å². The Labute approximate surface area is 92.6 Å². The minimum Gasteiger partial charge on any atom is -0.239 e. The molecular weight excluding hydrogens is 243 g/mol. The molecular formula is C12H14BrF. The maximum absolute atomic E-state index is 14.4. The van der Waals surface area contributed by atoms with Gasteiger partial charge in [-0.1, -0.05) is 34.5 Å². The third kappa shape index (κ3) is 1.72. The van der Waals surface area contributed by atoms with Crippen LogP contribution in [0.2, 0.25) is 0 Å². The molecule has 0 heterocycles. The van der Waals surface area contributed by atoms with Gasteiger partial charge in [0.05, 0.1) is 0 Å². The highest BCUT2D eigenvalue weighted by molar-refractivity contribution is 9.10. The predicted octanol–water partition coefficient (Wildman–Crippen LogP) is 4.43. The van der Waals surface area contributed by atoms with Crippen molar-refractivity contribution >= 4 is 15.9 Å². The van der Waals surface area contributed by atoms with Gasteiger partial charge in [-0.05, 0) is 43.4 Å². The fraction of sp³-hybridized carbons (Fsp3) is 0.500. The van der Waals surface area contributed by atoms with Gasteiger partial charge in [0.25, 0.3) is 0 Å². The maximum Gasteiger partial charge on any atom is 0.136 e. The fourth-order valence-corrected chi connectivity index (χ4v) is 2.38. The molecule has 0 N–H and O–H groups in total. The lowest BCUT2D eigenvalue weighted by Gasteiger charge is -2.37. The van der Waals surface area contributed by atoms with Crippen molar-refractivity contribution in [2.24, 2.45) is 5.92 Å². The molecule has 1 aliphatic carbocycles. The van der Waals surface area contributed by atoms with Crippen molar-refractivity contribution in [3.63, 3.8) is 0 Å². The first-order valence-corrected chi connectivity index (χ1v) is 5.85. The number of alkyl halides is 1. The molecule has 1 aliphatic rings. The van der Waals surface area contributed by atoms with Crippen molar-refractivity contribution in [2.75, 3.05) is 0 Å². The lowest BCUT2D eigenvalue weighted by atomic mass is 9.72. The normalized spacial score (nSPS) is 21.4. The molecule has 1 aromatic rings. The minimum absolute atomic E-state index is 0.219. The van der Waals surface area contributed by atoms with Crippen LogP contribution >= 0.6 is 15.9 Å². The van der Waals surface area contributed by atoms with Crippen LogP contribution in [0.3, 0.4) is 0 Å². The van der Waals surface area contributed by atoms with E-state index in [-0.39, 0.29) is 5.92 Å². The quantitative estimate of drug-likeness (QED) is 0.735. The Morgan fingerprint density at radius 2 is 2.14 bits per heavy atom. The molecule has 0 aliphatic heterocycles. The van der Waals surface area contributed by atoms with Crippen molar-refractivity contribution in [3.8, 4) is 0 Å². The summed E-state index contributed by atoms with van der Waals surface area (Å²) in [4.78, 5) is 0. The molecule has 0 amide bonds. The van der Waals surface area contributed by atoms with E-state index in [0.717, 1.165) is 22.9 Å². The van der Waals surface area contributed by atoms with Gasteiger partial charge in [-0.15, -0.1) is 0 Å². The molecule has 2 heteroatoms. The summed E-state index contributed by atoms with van der Waals surface area (Å²) in [5.74, 6) is 0.219. The lowest BCUT2D eigenvalue weighted by Crippen LogP contribution is -2.32. The molecule has 1 unspecified atom stereocenters. The molecule has 1 atom stereocenters. The molecule has 0 nitrogen and oxygen atoms in total. The van der Waals surface area contributed by atoms with E-state index in [1.807, 2.05) is 24.3 Å². The van der Waals surface area contributed by atoms with Gasteiger partial charge in [-0.3, -0.25) is 0 Å². The van der Waals surface area contributed by atoms with Crippen LogP contribution in [0.15, 0.2) is 28.7 Å². The van der Waals surface area contributed by atoms with Gasteiger partial charge in [-0.2, -0.15) is 0 Å². The molecule has 1 fully saturated rings. The molecule has 0 aromatic heterocycles. The van der Waals surface area contributed by atoms with Crippen molar-refractivity contribution in [1.29, 1.82) is 0 Å². The van der Waals surface area contributed by atoms with Crippen LogP contribution in [0.1, 0.15) is 31.7 Å². The highest BCUT2D eigenvalue weighted by atomic mass is 79.9. The number of rotatable bonds is 2. The van der Waals surface area contributed by atoms with Gasteiger partial charge in [0, 0.05) is 4.47 Å². The van der Waals surface area contributed by atoms with Crippen LogP contribution in [-0.2, 0) is 5.67 Å². The third-order valence-electron chi connectivity index (χ3n) is 3.26. The molecule has 0 bridgehead atoms. The molecule has 1 saturated carbocycles. The Balaban J connectivity index is 2.28. The largest absolute Gasteiger partial charge is 0.239 e. The first kappa shape index (κ1) is 10.2. The Morgan fingerprint density at radius 3 is 2.64 bits per heavy atom. The minimum atomic E-state index is -1.15. The van der Waals surface area contributed by atoms with Gasteiger partial charge in [-0.25, -0.2) is 4.39 Å². The lowest BCUT2D eigenvalue weighted by molar-refractivity contribution is 0.0463. The first-order valence-electron chi connectivity index (χ1n) is 5.05. The predicted molar refractivity (Wildman–Crippen MR) is 59.9 cm³/mol. The number of benzene rings is 1. The zero-order chi connectivity index (χ0) is 10.2. The molecule has 14 heavy (non-hydrogen) atoms. The first-order chi connectivity index (χ1) is 6.60. The van der Waals surface area contributed by atoms with E-state index < -0.39 is 5.67 Å². The topological polar surface area (TPSA) is 0 Å². The third-order valence-corrected chi connectivity index (χ3v) is 3.75. The van der Waals surface area contributed by atoms with Crippen molar-refractivity contribution < 1.29 is 4.39 Å². The second-order valence-corrected chi connectivity index (χ2v) is 5.13. The molecule has 2 rings (SSSR count). The standard InChI is InChI=1S/C12H14BrF/c1-12(14,9-4-2-5-9)10-6-3-7-11(13)8-10/h3,6-9H,2,4-5H2,1H3. The summed E-state index contributed by atoms with van der Waals surface area (Å²) in [5.41, 5.74) is -0.348. The van der Waals surface area contributed by atoms with Crippen LogP contribution in [0.5, 0.6) is 0 Å². The van der Waals surface area contributed by atoms with Gasteiger partial charge >= 0.3 is 0 Å². The van der Waals surface area contributed by atoms with Crippen LogP contribution in [-0.4, -0.2) is 0 Å². The number of hydrogen-bond acceptors (Lipinski definition) is 0. The van der Waals surface area contributed by atoms with Crippen LogP contribution < -0.4 is 0 Å². The maximum atomic E-state index is 14.4. The van der Waals surface area contributed by atoms with E-state index in [9.17, 15) is 4.39 Å². The summed E-state index contributed by atoms with van der Waals surface area (Å²) in [7, 11) is 0. The molecule has 1 aromatic carbocycles. The molecule has 0 saturated heterocycles. The molecule has 76 valence electrons. The Kier molecular flexibility index (Phi) is 2.65. The molecule has 0 spiro atoms. The summed E-state index contributed by atoms with van der Waals surface area (Å²) in [5, 5.41) is 0. The van der Waals surface area contributed by atoms with Crippen LogP contribution in [0.25, 0.3) is 0 Å². The van der Waals surface area contributed by atoms with Gasteiger partial charge in [0.2, 0.25) is 0 Å². The Hall–Kier alpha value is -0.370. The number of hydrogen-bond donors (Lipinski definition) is 0. The van der Waals surface area contributed by atoms with E-state index >= 15 is 0 Å². The summed E-state index contributed by atoms with van der Waals surface area (Å²) < 4.78 is 15.4. The Morgan fingerprint density at radius 1 is 1.43 bits per heavy atom. The average molecular weight is 257 g/mol. The second-order valence-electron chi connectivity index (χ2n) is 4.21. The highest BCUT2D eigenvalue weighted by Gasteiger charge is 2.39. The zero-order valence-corrected chi connectivity index (χ0v) is 9.85. The summed E-state index contributed by atoms with van der Waals surface area (Å²) >= 11 is 3.38. The van der Waals surface area contributed by atoms with Crippen LogP contribution in [0, 0.1) is 5.92 Å². The Bertz CT molecular complexity index is 329. The molecule has 0 radical (unpaired) electrons. The van der Waals surface area contributed by atoms with E-state index in [4.69, 9.17) is 0 Å². The van der Waals surface area contributed by atoms with Gasteiger partial charge in [0.15, 0.2) is 0 Å². The van der Waals surface area contributed by atoms with E-state index in [0.29, 0.717) is 0 Å². The van der Waals surface area contributed by atoms with E-state index in [1.165, 1.54) is 6.42 Å². The van der Waals surface area contributed by atoms with E-state index in [2.05, 4.69) is 15.9 Å². The second kappa shape index (κ2) is 3.65. The summed E-state index contributed by atoms with van der Waals surface area (Å²) in [6.07, 6.45) is 3.23. The average Bonchev–Trinajstić information content (AvgIpc) is 2.00. The van der Waals surface area contributed by atoms with Gasteiger partial charge < -0.3 is 0 Å². The SMILES string of the molecule is CC(F)(c1cccc(Br)c1)C1CCC1. The van der Waals surface area contributed by atoms with Crippen LogP contribution in [0.4, 0.5) is 4.39 Å². The summed E-state index contributed by atoms with van der Waals surface area (Å²) in [6.45, 7) is 1.71.